The Morgan fingerprint density at radius 1 is 1.27 bits per heavy atom. The van der Waals surface area contributed by atoms with Crippen molar-refractivity contribution in [1.29, 1.82) is 0 Å². The smallest absolute Gasteiger partial charge is 0.220 e. The van der Waals surface area contributed by atoms with E-state index in [0.717, 1.165) is 17.7 Å². The Labute approximate surface area is 154 Å². The number of hydrogen-bond donors (Lipinski definition) is 4. The Bertz CT molecular complexity index is 585. The van der Waals surface area contributed by atoms with E-state index in [2.05, 4.69) is 30.0 Å². The number of hydrogen-bond acceptors (Lipinski definition) is 6. The molecular formula is C19H29N3O4. The van der Waals surface area contributed by atoms with Crippen LogP contribution in [0.3, 0.4) is 0 Å². The van der Waals surface area contributed by atoms with Crippen LogP contribution in [0.2, 0.25) is 0 Å². The quantitative estimate of drug-likeness (QED) is 0.595. The Kier molecular flexibility index (Phi) is 6.48. The molecule has 4 atom stereocenters. The number of benzene rings is 1. The third-order valence-corrected chi connectivity index (χ3v) is 5.28. The zero-order chi connectivity index (χ0) is 18.5. The maximum absolute atomic E-state index is 12.5. The average molecular weight is 363 g/mol. The second-order valence-corrected chi connectivity index (χ2v) is 7.23. The van der Waals surface area contributed by atoms with Gasteiger partial charge in [0.05, 0.1) is 25.9 Å². The van der Waals surface area contributed by atoms with Crippen LogP contribution in [0.4, 0.5) is 0 Å². The lowest BCUT2D eigenvalue weighted by Crippen LogP contribution is -2.52. The monoisotopic (exact) mass is 363 g/mol. The highest BCUT2D eigenvalue weighted by Crippen LogP contribution is 2.21. The fraction of sp³-hybridized carbons (Fsp3) is 0.632. The van der Waals surface area contributed by atoms with E-state index in [1.54, 1.807) is 0 Å². The SMILES string of the molecule is CC1NNC(C)C1CC(=O)N[C@@H]1COCC[C@H]1Oc1ccc(CO)cc1. The standard InChI is InChI=1S/C19H29N3O4/c1-12-16(13(2)22-21-12)9-19(24)20-17-11-25-8-7-18(17)26-15-5-3-14(10-23)4-6-15/h3-6,12-13,16-18,21-23H,7-11H2,1-2H3,(H,20,24)/t12?,13?,16?,17-,18-/m1/s1. The fourth-order valence-electron chi connectivity index (χ4n) is 3.59. The van der Waals surface area contributed by atoms with Crippen molar-refractivity contribution in [2.75, 3.05) is 13.2 Å². The molecule has 1 amide bonds. The minimum atomic E-state index is -0.165. The van der Waals surface area contributed by atoms with Gasteiger partial charge in [-0.25, -0.2) is 0 Å². The van der Waals surface area contributed by atoms with Crippen LogP contribution in [0.25, 0.3) is 0 Å². The topological polar surface area (TPSA) is 91.9 Å². The second-order valence-electron chi connectivity index (χ2n) is 7.23. The van der Waals surface area contributed by atoms with Gasteiger partial charge in [0.2, 0.25) is 5.91 Å². The number of nitrogens with one attached hydrogen (secondary N) is 3. The van der Waals surface area contributed by atoms with Gasteiger partial charge in [-0.1, -0.05) is 12.1 Å². The lowest BCUT2D eigenvalue weighted by atomic mass is 9.92. The van der Waals surface area contributed by atoms with E-state index >= 15 is 0 Å². The molecule has 4 N–H and O–H groups in total. The molecule has 1 aromatic rings. The van der Waals surface area contributed by atoms with Crippen LogP contribution >= 0.6 is 0 Å². The highest BCUT2D eigenvalue weighted by molar-refractivity contribution is 5.76. The van der Waals surface area contributed by atoms with Gasteiger partial charge in [0.15, 0.2) is 0 Å². The molecule has 1 aromatic carbocycles. The van der Waals surface area contributed by atoms with Crippen molar-refractivity contribution in [1.82, 2.24) is 16.2 Å². The molecule has 2 heterocycles. The lowest BCUT2D eigenvalue weighted by molar-refractivity contribution is -0.125. The van der Waals surface area contributed by atoms with E-state index in [1.165, 1.54) is 0 Å². The molecular weight excluding hydrogens is 334 g/mol. The molecule has 2 aliphatic heterocycles. The van der Waals surface area contributed by atoms with Crippen LogP contribution in [0, 0.1) is 5.92 Å². The van der Waals surface area contributed by atoms with Gasteiger partial charge in [-0.15, -0.1) is 0 Å². The first kappa shape index (κ1) is 19.1. The maximum atomic E-state index is 12.5. The number of rotatable bonds is 6. The third-order valence-electron chi connectivity index (χ3n) is 5.28. The van der Waals surface area contributed by atoms with Crippen LogP contribution in [0.15, 0.2) is 24.3 Å². The lowest BCUT2D eigenvalue weighted by Gasteiger charge is -2.33. The highest BCUT2D eigenvalue weighted by atomic mass is 16.5. The molecule has 26 heavy (non-hydrogen) atoms. The number of hydrazine groups is 1. The summed E-state index contributed by atoms with van der Waals surface area (Å²) in [6.45, 7) is 5.26. The van der Waals surface area contributed by atoms with Gasteiger partial charge >= 0.3 is 0 Å². The predicted molar refractivity (Wildman–Crippen MR) is 97.4 cm³/mol. The predicted octanol–water partition coefficient (Wildman–Crippen LogP) is 0.723. The molecule has 0 radical (unpaired) electrons. The number of carbonyl (C=O) groups excluding carboxylic acids is 1. The minimum absolute atomic E-state index is 0.0119. The summed E-state index contributed by atoms with van der Waals surface area (Å²) in [6.07, 6.45) is 1.07. The van der Waals surface area contributed by atoms with Crippen LogP contribution in [0.5, 0.6) is 5.75 Å². The molecule has 0 spiro atoms. The van der Waals surface area contributed by atoms with Crippen molar-refractivity contribution in [2.45, 2.75) is 57.5 Å². The van der Waals surface area contributed by atoms with Crippen molar-refractivity contribution in [3.8, 4) is 5.75 Å². The summed E-state index contributed by atoms with van der Waals surface area (Å²) in [5.41, 5.74) is 7.21. The van der Waals surface area contributed by atoms with Gasteiger partial charge in [0.1, 0.15) is 11.9 Å². The summed E-state index contributed by atoms with van der Waals surface area (Å²) in [7, 11) is 0. The summed E-state index contributed by atoms with van der Waals surface area (Å²) in [5, 5.41) is 12.2. The molecule has 144 valence electrons. The summed E-state index contributed by atoms with van der Waals surface area (Å²) in [6, 6.07) is 7.72. The molecule has 2 fully saturated rings. The highest BCUT2D eigenvalue weighted by Gasteiger charge is 2.34. The Morgan fingerprint density at radius 2 is 1.96 bits per heavy atom. The number of aliphatic hydroxyl groups is 1. The summed E-state index contributed by atoms with van der Waals surface area (Å²) in [4.78, 5) is 12.5. The molecule has 0 saturated carbocycles. The molecule has 2 saturated heterocycles. The van der Waals surface area contributed by atoms with Crippen LogP contribution in [-0.4, -0.2) is 48.5 Å². The van der Waals surface area contributed by atoms with Crippen molar-refractivity contribution < 1.29 is 19.4 Å². The molecule has 0 aromatic heterocycles. The van der Waals surface area contributed by atoms with E-state index in [1.807, 2.05) is 24.3 Å². The Hall–Kier alpha value is -1.67. The molecule has 7 nitrogen and oxygen atoms in total. The summed E-state index contributed by atoms with van der Waals surface area (Å²) in [5.74, 6) is 1.02. The first-order valence-electron chi connectivity index (χ1n) is 9.31. The van der Waals surface area contributed by atoms with Crippen LogP contribution < -0.4 is 20.9 Å². The third kappa shape index (κ3) is 4.73. The normalized spacial score (nSPS) is 31.6. The van der Waals surface area contributed by atoms with Crippen molar-refractivity contribution in [2.24, 2.45) is 5.92 Å². The van der Waals surface area contributed by atoms with Gasteiger partial charge in [-0.2, -0.15) is 0 Å². The maximum Gasteiger partial charge on any atom is 0.220 e. The molecule has 2 unspecified atom stereocenters. The zero-order valence-corrected chi connectivity index (χ0v) is 15.4. The van der Waals surface area contributed by atoms with E-state index in [4.69, 9.17) is 14.6 Å². The largest absolute Gasteiger partial charge is 0.488 e. The van der Waals surface area contributed by atoms with Gasteiger partial charge in [0.25, 0.3) is 0 Å². The number of ether oxygens (including phenoxy) is 2. The van der Waals surface area contributed by atoms with Crippen molar-refractivity contribution >= 4 is 5.91 Å². The summed E-state index contributed by atoms with van der Waals surface area (Å²) < 4.78 is 11.6. The molecule has 3 rings (SSSR count). The van der Waals surface area contributed by atoms with Crippen molar-refractivity contribution in [3.05, 3.63) is 29.8 Å². The number of aliphatic hydroxyl groups excluding tert-OH is 1. The van der Waals surface area contributed by atoms with E-state index in [0.29, 0.717) is 19.6 Å². The Morgan fingerprint density at radius 3 is 2.62 bits per heavy atom. The fourth-order valence-corrected chi connectivity index (χ4v) is 3.59. The number of carbonyl (C=O) groups is 1. The average Bonchev–Trinajstić information content (AvgIpc) is 2.96. The van der Waals surface area contributed by atoms with Crippen LogP contribution in [-0.2, 0) is 16.1 Å². The van der Waals surface area contributed by atoms with E-state index in [-0.39, 0.29) is 42.7 Å². The van der Waals surface area contributed by atoms with Gasteiger partial charge in [-0.05, 0) is 31.5 Å². The molecule has 7 heteroatoms. The van der Waals surface area contributed by atoms with E-state index in [9.17, 15) is 4.79 Å². The first-order chi connectivity index (χ1) is 12.6. The molecule has 0 aliphatic carbocycles. The molecule has 0 bridgehead atoms. The summed E-state index contributed by atoms with van der Waals surface area (Å²) >= 11 is 0. The van der Waals surface area contributed by atoms with Gasteiger partial charge in [-0.3, -0.25) is 15.6 Å². The molecule has 2 aliphatic rings. The van der Waals surface area contributed by atoms with Crippen molar-refractivity contribution in [3.63, 3.8) is 0 Å². The van der Waals surface area contributed by atoms with Gasteiger partial charge < -0.3 is 19.9 Å². The first-order valence-corrected chi connectivity index (χ1v) is 9.31. The van der Waals surface area contributed by atoms with Crippen LogP contribution in [0.1, 0.15) is 32.3 Å². The number of amides is 1. The minimum Gasteiger partial charge on any atom is -0.488 e. The zero-order valence-electron chi connectivity index (χ0n) is 15.4. The second kappa shape index (κ2) is 8.81. The van der Waals surface area contributed by atoms with E-state index < -0.39 is 0 Å². The van der Waals surface area contributed by atoms with Gasteiger partial charge in [0, 0.05) is 30.8 Å². The Balaban J connectivity index is 1.56.